The zero-order valence-corrected chi connectivity index (χ0v) is 18.7. The van der Waals surface area contributed by atoms with E-state index in [1.54, 1.807) is 0 Å². The number of hydrogen-bond acceptors (Lipinski definition) is 3. The number of carbonyl (C=O) groups is 1. The van der Waals surface area contributed by atoms with Crippen LogP contribution in [0.1, 0.15) is 27.2 Å². The van der Waals surface area contributed by atoms with Gasteiger partial charge in [-0.15, -0.1) is 0 Å². The van der Waals surface area contributed by atoms with Crippen LogP contribution in [-0.4, -0.2) is 17.9 Å². The fraction of sp³-hybridized carbons (Fsp3) is 0.182. The lowest BCUT2D eigenvalue weighted by molar-refractivity contribution is -0.137. The van der Waals surface area contributed by atoms with Crippen molar-refractivity contribution in [1.82, 2.24) is 10.3 Å². The van der Waals surface area contributed by atoms with Crippen LogP contribution in [0.15, 0.2) is 45.7 Å². The molecule has 0 aliphatic rings. The summed E-state index contributed by atoms with van der Waals surface area (Å²) in [5.41, 5.74) is -2.52. The van der Waals surface area contributed by atoms with Crippen LogP contribution >= 0.6 is 15.9 Å². The molecule has 33 heavy (non-hydrogen) atoms. The largest absolute Gasteiger partial charge is 0.487 e. The zero-order valence-electron chi connectivity index (χ0n) is 17.2. The number of aromatic amines is 1. The molecule has 11 heteroatoms. The first-order valence-corrected chi connectivity index (χ1v) is 10.2. The Morgan fingerprint density at radius 3 is 2.45 bits per heavy atom. The third-order valence-electron chi connectivity index (χ3n) is 4.77. The lowest BCUT2D eigenvalue weighted by Crippen LogP contribution is -2.19. The lowest BCUT2D eigenvalue weighted by atomic mass is 9.95. The molecule has 2 N–H and O–H groups in total. The molecule has 0 fully saturated rings. The molecule has 0 spiro atoms. The second kappa shape index (κ2) is 9.34. The number of aromatic nitrogens is 1. The Kier molecular flexibility index (Phi) is 6.92. The van der Waals surface area contributed by atoms with E-state index in [0.717, 1.165) is 18.2 Å². The van der Waals surface area contributed by atoms with Gasteiger partial charge in [-0.3, -0.25) is 9.59 Å². The molecule has 0 aliphatic heterocycles. The topological polar surface area (TPSA) is 71.2 Å². The Morgan fingerprint density at radius 1 is 1.15 bits per heavy atom. The number of halogens is 6. The molecule has 1 heterocycles. The van der Waals surface area contributed by atoms with Gasteiger partial charge < -0.3 is 15.0 Å². The molecule has 1 aromatic heterocycles. The first-order valence-electron chi connectivity index (χ1n) is 9.36. The highest BCUT2D eigenvalue weighted by Crippen LogP contribution is 2.43. The Bertz CT molecular complexity index is 1290. The van der Waals surface area contributed by atoms with Gasteiger partial charge in [0.15, 0.2) is 0 Å². The summed E-state index contributed by atoms with van der Waals surface area (Å²) in [6.45, 7) is 0.889. The number of nitrogens with one attached hydrogen (secondary N) is 2. The highest BCUT2D eigenvalue weighted by Gasteiger charge is 2.36. The SMILES string of the molecule is CNC(=O)c1ccc(-c2c(C)[nH]c(=O)c(Br)c2OCc2ccc(F)cc2F)c(C(F)(F)F)c1. The number of hydrogen-bond donors (Lipinski definition) is 2. The Labute approximate surface area is 192 Å². The fourth-order valence-electron chi connectivity index (χ4n) is 3.20. The molecule has 0 unspecified atom stereocenters. The number of H-pyrrole nitrogens is 1. The van der Waals surface area contributed by atoms with Crippen molar-refractivity contribution >= 4 is 21.8 Å². The number of amides is 1. The molecular formula is C22H16BrF5N2O3. The first kappa shape index (κ1) is 24.4. The van der Waals surface area contributed by atoms with Crippen molar-refractivity contribution in [3.8, 4) is 16.9 Å². The highest BCUT2D eigenvalue weighted by molar-refractivity contribution is 9.10. The van der Waals surface area contributed by atoms with Crippen LogP contribution in [0, 0.1) is 18.6 Å². The molecular weight excluding hydrogens is 515 g/mol. The number of benzene rings is 2. The van der Waals surface area contributed by atoms with Crippen molar-refractivity contribution < 1.29 is 31.5 Å². The van der Waals surface area contributed by atoms with Crippen molar-refractivity contribution in [2.45, 2.75) is 19.7 Å². The van der Waals surface area contributed by atoms with Gasteiger partial charge in [0.05, 0.1) is 5.56 Å². The van der Waals surface area contributed by atoms with Crippen LogP contribution < -0.4 is 15.6 Å². The van der Waals surface area contributed by atoms with Crippen molar-refractivity contribution in [3.63, 3.8) is 0 Å². The van der Waals surface area contributed by atoms with E-state index >= 15 is 0 Å². The minimum absolute atomic E-state index is 0.0518. The second-order valence-electron chi connectivity index (χ2n) is 6.96. The van der Waals surface area contributed by atoms with Gasteiger partial charge >= 0.3 is 6.18 Å². The third-order valence-corrected chi connectivity index (χ3v) is 5.49. The molecule has 0 saturated carbocycles. The molecule has 0 radical (unpaired) electrons. The van der Waals surface area contributed by atoms with E-state index in [-0.39, 0.29) is 38.2 Å². The standard InChI is InChI=1S/C22H16BrF5N2O3/c1-10-17(14-6-4-11(20(31)29-2)7-15(14)22(26,27)28)19(18(23)21(32)30-10)33-9-12-3-5-13(24)8-16(12)25/h3-8H,9H2,1-2H3,(H,29,31)(H,30,32). The van der Waals surface area contributed by atoms with Gasteiger partial charge in [-0.25, -0.2) is 8.78 Å². The van der Waals surface area contributed by atoms with Crippen LogP contribution in [0.25, 0.3) is 11.1 Å². The van der Waals surface area contributed by atoms with E-state index in [1.165, 1.54) is 20.0 Å². The van der Waals surface area contributed by atoms with Crippen LogP contribution in [0.2, 0.25) is 0 Å². The molecule has 2 aromatic carbocycles. The van der Waals surface area contributed by atoms with E-state index in [2.05, 4.69) is 26.2 Å². The van der Waals surface area contributed by atoms with E-state index < -0.39 is 41.4 Å². The first-order chi connectivity index (χ1) is 15.4. The number of pyridine rings is 1. The summed E-state index contributed by atoms with van der Waals surface area (Å²) in [6, 6.07) is 5.74. The molecule has 0 aliphatic carbocycles. The van der Waals surface area contributed by atoms with E-state index in [9.17, 15) is 31.5 Å². The fourth-order valence-corrected chi connectivity index (χ4v) is 3.61. The third kappa shape index (κ3) is 5.08. The van der Waals surface area contributed by atoms with Crippen molar-refractivity contribution in [1.29, 1.82) is 0 Å². The van der Waals surface area contributed by atoms with Gasteiger partial charge in [0.25, 0.3) is 11.5 Å². The molecule has 174 valence electrons. The predicted octanol–water partition coefficient (Wildman–Crippen LogP) is 5.35. The smallest absolute Gasteiger partial charge is 0.417 e. The summed E-state index contributed by atoms with van der Waals surface area (Å²) in [4.78, 5) is 26.6. The van der Waals surface area contributed by atoms with Crippen molar-refractivity contribution in [2.75, 3.05) is 7.05 Å². The van der Waals surface area contributed by atoms with Gasteiger partial charge in [0.1, 0.15) is 28.5 Å². The average molecular weight is 531 g/mol. The molecule has 0 atom stereocenters. The van der Waals surface area contributed by atoms with E-state index in [0.29, 0.717) is 12.1 Å². The van der Waals surface area contributed by atoms with E-state index in [4.69, 9.17) is 4.74 Å². The van der Waals surface area contributed by atoms with E-state index in [1.807, 2.05) is 0 Å². The summed E-state index contributed by atoms with van der Waals surface area (Å²) in [6.07, 6.45) is -4.85. The molecule has 0 bridgehead atoms. The number of rotatable bonds is 5. The summed E-state index contributed by atoms with van der Waals surface area (Å²) < 4.78 is 74.3. The average Bonchev–Trinajstić information content (AvgIpc) is 2.74. The summed E-state index contributed by atoms with van der Waals surface area (Å²) in [7, 11) is 1.28. The predicted molar refractivity (Wildman–Crippen MR) is 114 cm³/mol. The molecule has 3 rings (SSSR count). The molecule has 1 amide bonds. The maximum atomic E-state index is 14.0. The van der Waals surface area contributed by atoms with Crippen molar-refractivity contribution in [3.05, 3.63) is 85.2 Å². The Morgan fingerprint density at radius 2 is 1.85 bits per heavy atom. The number of aryl methyl sites for hydroxylation is 1. The number of alkyl halides is 3. The molecule has 5 nitrogen and oxygen atoms in total. The monoisotopic (exact) mass is 530 g/mol. The summed E-state index contributed by atoms with van der Waals surface area (Å²) in [5, 5.41) is 2.26. The van der Waals surface area contributed by atoms with Gasteiger partial charge in [-0.1, -0.05) is 6.07 Å². The lowest BCUT2D eigenvalue weighted by Gasteiger charge is -2.20. The van der Waals surface area contributed by atoms with Crippen LogP contribution in [0.5, 0.6) is 5.75 Å². The zero-order chi connectivity index (χ0) is 24.5. The molecule has 3 aromatic rings. The van der Waals surface area contributed by atoms with Crippen LogP contribution in [0.3, 0.4) is 0 Å². The van der Waals surface area contributed by atoms with Crippen LogP contribution in [0.4, 0.5) is 22.0 Å². The van der Waals surface area contributed by atoms with Gasteiger partial charge in [0.2, 0.25) is 0 Å². The second-order valence-corrected chi connectivity index (χ2v) is 7.75. The van der Waals surface area contributed by atoms with Gasteiger partial charge in [-0.05, 0) is 52.7 Å². The van der Waals surface area contributed by atoms with Gasteiger partial charge in [-0.2, -0.15) is 13.2 Å². The molecule has 0 saturated heterocycles. The minimum atomic E-state index is -4.85. The maximum Gasteiger partial charge on any atom is 0.417 e. The normalized spacial score (nSPS) is 11.4. The highest BCUT2D eigenvalue weighted by atomic mass is 79.9. The quantitative estimate of drug-likeness (QED) is 0.437. The minimum Gasteiger partial charge on any atom is -0.487 e. The van der Waals surface area contributed by atoms with Crippen LogP contribution in [-0.2, 0) is 12.8 Å². The summed E-state index contributed by atoms with van der Waals surface area (Å²) >= 11 is 3.02. The summed E-state index contributed by atoms with van der Waals surface area (Å²) in [5.74, 6) is -2.70. The Balaban J connectivity index is 2.20. The van der Waals surface area contributed by atoms with Crippen molar-refractivity contribution in [2.24, 2.45) is 0 Å². The maximum absolute atomic E-state index is 14.0. The van der Waals surface area contributed by atoms with Gasteiger partial charge in [0, 0.05) is 35.5 Å². The Hall–Kier alpha value is -3.21. The number of ether oxygens (including phenoxy) is 1. The number of carbonyl (C=O) groups excluding carboxylic acids is 1.